The lowest BCUT2D eigenvalue weighted by atomic mass is 10.1. The minimum atomic E-state index is -3.40. The molecule has 1 aliphatic carbocycles. The predicted octanol–water partition coefficient (Wildman–Crippen LogP) is 1.35. The molecular formula is C13H16O6S. The number of sulfone groups is 1. The van der Waals surface area contributed by atoms with Gasteiger partial charge in [-0.25, -0.2) is 8.42 Å². The molecule has 1 saturated carbocycles. The number of esters is 1. The summed E-state index contributed by atoms with van der Waals surface area (Å²) in [5.41, 5.74) is -0.480. The third kappa shape index (κ3) is 3.69. The van der Waals surface area contributed by atoms with E-state index in [-0.39, 0.29) is 35.4 Å². The van der Waals surface area contributed by atoms with Gasteiger partial charge in [0.1, 0.15) is 11.5 Å². The van der Waals surface area contributed by atoms with Crippen molar-refractivity contribution in [1.29, 1.82) is 0 Å². The first kappa shape index (κ1) is 14.8. The SMILES string of the molecule is COC(=O)CC1(CS(=O)(=O)Cc2ccc(C=O)o2)CC1. The van der Waals surface area contributed by atoms with Gasteiger partial charge in [-0.2, -0.15) is 0 Å². The lowest BCUT2D eigenvalue weighted by Gasteiger charge is -2.13. The average molecular weight is 300 g/mol. The maximum atomic E-state index is 12.1. The van der Waals surface area contributed by atoms with Gasteiger partial charge in [-0.15, -0.1) is 0 Å². The number of rotatable bonds is 7. The topological polar surface area (TPSA) is 90.7 Å². The zero-order chi connectivity index (χ0) is 14.8. The highest BCUT2D eigenvalue weighted by atomic mass is 32.2. The summed E-state index contributed by atoms with van der Waals surface area (Å²) in [6.45, 7) is 0. The van der Waals surface area contributed by atoms with Crippen LogP contribution in [0.3, 0.4) is 0 Å². The quantitative estimate of drug-likeness (QED) is 0.557. The molecule has 0 N–H and O–H groups in total. The zero-order valence-electron chi connectivity index (χ0n) is 11.1. The Labute approximate surface area is 117 Å². The van der Waals surface area contributed by atoms with E-state index in [1.165, 1.54) is 19.2 Å². The molecule has 1 fully saturated rings. The second-order valence-corrected chi connectivity index (χ2v) is 7.27. The van der Waals surface area contributed by atoms with Gasteiger partial charge in [0.2, 0.25) is 0 Å². The largest absolute Gasteiger partial charge is 0.469 e. The molecule has 6 nitrogen and oxygen atoms in total. The molecule has 0 unspecified atom stereocenters. The van der Waals surface area contributed by atoms with Crippen molar-refractivity contribution in [3.8, 4) is 0 Å². The van der Waals surface area contributed by atoms with Gasteiger partial charge < -0.3 is 9.15 Å². The van der Waals surface area contributed by atoms with Crippen molar-refractivity contribution < 1.29 is 27.2 Å². The summed E-state index contributed by atoms with van der Waals surface area (Å²) in [6.07, 6.45) is 2.06. The molecule has 0 spiro atoms. The maximum absolute atomic E-state index is 12.1. The van der Waals surface area contributed by atoms with Crippen LogP contribution < -0.4 is 0 Å². The summed E-state index contributed by atoms with van der Waals surface area (Å²) in [7, 11) is -2.11. The van der Waals surface area contributed by atoms with Crippen molar-refractivity contribution in [2.75, 3.05) is 12.9 Å². The Balaban J connectivity index is 2.00. The fraction of sp³-hybridized carbons (Fsp3) is 0.538. The first-order valence-corrected chi connectivity index (χ1v) is 8.01. The van der Waals surface area contributed by atoms with Gasteiger partial charge in [-0.05, 0) is 30.4 Å². The first-order chi connectivity index (χ1) is 9.38. The fourth-order valence-corrected chi connectivity index (χ4v) is 4.21. The van der Waals surface area contributed by atoms with Crippen LogP contribution in [0.5, 0.6) is 0 Å². The summed E-state index contributed by atoms with van der Waals surface area (Å²) in [6, 6.07) is 2.90. The Kier molecular flexibility index (Phi) is 3.99. The molecule has 20 heavy (non-hydrogen) atoms. The number of ether oxygens (including phenoxy) is 1. The molecule has 0 amide bonds. The minimum absolute atomic E-state index is 0.0633. The van der Waals surface area contributed by atoms with E-state index in [0.29, 0.717) is 19.1 Å². The van der Waals surface area contributed by atoms with Crippen LogP contribution in [0, 0.1) is 5.41 Å². The van der Waals surface area contributed by atoms with E-state index in [1.807, 2.05) is 0 Å². The van der Waals surface area contributed by atoms with E-state index in [4.69, 9.17) is 4.42 Å². The molecule has 0 aromatic carbocycles. The van der Waals surface area contributed by atoms with Gasteiger partial charge in [0, 0.05) is 0 Å². The number of aldehydes is 1. The van der Waals surface area contributed by atoms with E-state index >= 15 is 0 Å². The number of carbonyl (C=O) groups is 2. The van der Waals surface area contributed by atoms with E-state index in [1.54, 1.807) is 0 Å². The highest BCUT2D eigenvalue weighted by Crippen LogP contribution is 2.50. The standard InChI is InChI=1S/C13H16O6S/c1-18-12(15)6-13(4-5-13)9-20(16,17)8-11-3-2-10(7-14)19-11/h2-3,7H,4-6,8-9H2,1H3. The van der Waals surface area contributed by atoms with Gasteiger partial charge in [0.25, 0.3) is 0 Å². The molecule has 110 valence electrons. The number of hydrogen-bond donors (Lipinski definition) is 0. The molecular weight excluding hydrogens is 284 g/mol. The second kappa shape index (κ2) is 5.40. The van der Waals surface area contributed by atoms with Crippen LogP contribution in [-0.2, 0) is 25.1 Å². The van der Waals surface area contributed by atoms with Crippen LogP contribution in [0.15, 0.2) is 16.5 Å². The van der Waals surface area contributed by atoms with Crippen molar-refractivity contribution in [2.24, 2.45) is 5.41 Å². The molecule has 0 radical (unpaired) electrons. The molecule has 1 heterocycles. The van der Waals surface area contributed by atoms with Crippen molar-refractivity contribution in [2.45, 2.75) is 25.0 Å². The molecule has 0 atom stereocenters. The van der Waals surface area contributed by atoms with Crippen molar-refractivity contribution >= 4 is 22.1 Å². The third-order valence-electron chi connectivity index (χ3n) is 3.39. The Morgan fingerprint density at radius 2 is 2.15 bits per heavy atom. The highest BCUT2D eigenvalue weighted by molar-refractivity contribution is 7.90. The molecule has 1 aliphatic rings. The highest BCUT2D eigenvalue weighted by Gasteiger charge is 2.47. The zero-order valence-corrected chi connectivity index (χ0v) is 11.9. The maximum Gasteiger partial charge on any atom is 0.306 e. The van der Waals surface area contributed by atoms with Crippen LogP contribution in [0.25, 0.3) is 0 Å². The number of furan rings is 1. The van der Waals surface area contributed by atoms with Crippen LogP contribution in [0.2, 0.25) is 0 Å². The summed E-state index contributed by atoms with van der Waals surface area (Å²) in [4.78, 5) is 21.8. The van der Waals surface area contributed by atoms with Crippen molar-refractivity contribution in [3.63, 3.8) is 0 Å². The summed E-state index contributed by atoms with van der Waals surface area (Å²) in [5.74, 6) is -0.374. The van der Waals surface area contributed by atoms with Crippen molar-refractivity contribution in [3.05, 3.63) is 23.7 Å². The van der Waals surface area contributed by atoms with Crippen LogP contribution in [-0.4, -0.2) is 33.5 Å². The Bertz CT molecular complexity index is 609. The summed E-state index contributed by atoms with van der Waals surface area (Å²) >= 11 is 0. The molecule has 1 aromatic heterocycles. The lowest BCUT2D eigenvalue weighted by molar-refractivity contribution is -0.141. The molecule has 0 bridgehead atoms. The van der Waals surface area contributed by atoms with Crippen molar-refractivity contribution in [1.82, 2.24) is 0 Å². The van der Waals surface area contributed by atoms with Gasteiger partial charge >= 0.3 is 5.97 Å². The van der Waals surface area contributed by atoms with Crippen LogP contribution >= 0.6 is 0 Å². The Morgan fingerprint density at radius 3 is 2.65 bits per heavy atom. The van der Waals surface area contributed by atoms with E-state index in [2.05, 4.69) is 4.74 Å². The van der Waals surface area contributed by atoms with E-state index in [9.17, 15) is 18.0 Å². The monoisotopic (exact) mass is 300 g/mol. The van der Waals surface area contributed by atoms with Gasteiger partial charge in [0.15, 0.2) is 21.9 Å². The minimum Gasteiger partial charge on any atom is -0.469 e. The molecule has 7 heteroatoms. The average Bonchev–Trinajstić information content (AvgIpc) is 2.95. The normalized spacial score (nSPS) is 16.6. The molecule has 1 aromatic rings. The smallest absolute Gasteiger partial charge is 0.306 e. The number of hydrogen-bond acceptors (Lipinski definition) is 6. The van der Waals surface area contributed by atoms with Gasteiger partial charge in [-0.3, -0.25) is 9.59 Å². The summed E-state index contributed by atoms with van der Waals surface area (Å²) in [5, 5.41) is 0. The molecule has 0 aliphatic heterocycles. The van der Waals surface area contributed by atoms with Crippen LogP contribution in [0.1, 0.15) is 35.6 Å². The molecule has 2 rings (SSSR count). The fourth-order valence-electron chi connectivity index (χ4n) is 2.20. The first-order valence-electron chi connectivity index (χ1n) is 6.19. The number of methoxy groups -OCH3 is 1. The molecule has 0 saturated heterocycles. The van der Waals surface area contributed by atoms with Gasteiger partial charge in [-0.1, -0.05) is 0 Å². The van der Waals surface area contributed by atoms with E-state index in [0.717, 1.165) is 0 Å². The Morgan fingerprint density at radius 1 is 1.45 bits per heavy atom. The lowest BCUT2D eigenvalue weighted by Crippen LogP contribution is -2.22. The predicted molar refractivity (Wildman–Crippen MR) is 69.9 cm³/mol. The van der Waals surface area contributed by atoms with E-state index < -0.39 is 15.3 Å². The second-order valence-electron chi connectivity index (χ2n) is 5.21. The summed E-state index contributed by atoms with van der Waals surface area (Å²) < 4.78 is 33.9. The Hall–Kier alpha value is -1.63. The number of carbonyl (C=O) groups excluding carboxylic acids is 2. The van der Waals surface area contributed by atoms with Crippen LogP contribution in [0.4, 0.5) is 0 Å². The van der Waals surface area contributed by atoms with Gasteiger partial charge in [0.05, 0.1) is 19.3 Å². The third-order valence-corrected chi connectivity index (χ3v) is 5.17.